The number of nitrogens with zero attached hydrogens (tertiary/aromatic N) is 3. The van der Waals surface area contributed by atoms with Crippen molar-refractivity contribution in [1.82, 2.24) is 9.88 Å². The third-order valence-corrected chi connectivity index (χ3v) is 6.93. The van der Waals surface area contributed by atoms with E-state index in [2.05, 4.69) is 4.98 Å². The topological polar surface area (TPSA) is 96.9 Å². The van der Waals surface area contributed by atoms with E-state index in [-0.39, 0.29) is 28.4 Å². The predicted octanol–water partition coefficient (Wildman–Crippen LogP) is 2.32. The molecule has 160 valence electrons. The van der Waals surface area contributed by atoms with E-state index in [4.69, 9.17) is 4.74 Å². The van der Waals surface area contributed by atoms with Crippen molar-refractivity contribution in [3.8, 4) is 0 Å². The lowest BCUT2D eigenvalue weighted by molar-refractivity contribution is -0.149. The SMILES string of the molecule is CCOC(=O)C1CCN(C(=O)c2cc(N(C)S(=O)(=O)c3ccccc3)ccn2)CC1. The second-order valence-corrected chi connectivity index (χ2v) is 8.97. The summed E-state index contributed by atoms with van der Waals surface area (Å²) in [6.45, 7) is 2.96. The Kier molecular flexibility index (Phi) is 6.71. The molecule has 1 amide bonds. The van der Waals surface area contributed by atoms with Crippen LogP contribution in [0.1, 0.15) is 30.3 Å². The minimum atomic E-state index is -3.75. The quantitative estimate of drug-likeness (QED) is 0.651. The smallest absolute Gasteiger partial charge is 0.309 e. The zero-order valence-electron chi connectivity index (χ0n) is 17.0. The lowest BCUT2D eigenvalue weighted by Gasteiger charge is -2.30. The van der Waals surface area contributed by atoms with Gasteiger partial charge in [-0.05, 0) is 44.0 Å². The molecule has 0 aliphatic carbocycles. The second kappa shape index (κ2) is 9.25. The third-order valence-electron chi connectivity index (χ3n) is 5.13. The number of rotatable bonds is 6. The Morgan fingerprint density at radius 3 is 2.47 bits per heavy atom. The molecule has 0 N–H and O–H groups in total. The van der Waals surface area contributed by atoms with Gasteiger partial charge < -0.3 is 9.64 Å². The van der Waals surface area contributed by atoms with E-state index in [1.807, 2.05) is 0 Å². The Hall–Kier alpha value is -2.94. The highest BCUT2D eigenvalue weighted by molar-refractivity contribution is 7.92. The molecule has 0 radical (unpaired) electrons. The van der Waals surface area contributed by atoms with E-state index >= 15 is 0 Å². The van der Waals surface area contributed by atoms with Crippen molar-refractivity contribution in [3.63, 3.8) is 0 Å². The predicted molar refractivity (Wildman–Crippen MR) is 112 cm³/mol. The second-order valence-electron chi connectivity index (χ2n) is 7.00. The van der Waals surface area contributed by atoms with Crippen LogP contribution in [-0.2, 0) is 19.6 Å². The van der Waals surface area contributed by atoms with Gasteiger partial charge in [0.2, 0.25) is 0 Å². The van der Waals surface area contributed by atoms with Gasteiger partial charge in [0.25, 0.3) is 15.9 Å². The molecule has 9 heteroatoms. The summed E-state index contributed by atoms with van der Waals surface area (Å²) in [6, 6.07) is 11.1. The van der Waals surface area contributed by atoms with Crippen molar-refractivity contribution in [1.29, 1.82) is 0 Å². The maximum absolute atomic E-state index is 12.9. The van der Waals surface area contributed by atoms with Crippen LogP contribution < -0.4 is 4.31 Å². The fourth-order valence-electron chi connectivity index (χ4n) is 3.36. The molecule has 1 saturated heterocycles. The number of hydrogen-bond donors (Lipinski definition) is 0. The molecule has 3 rings (SSSR count). The van der Waals surface area contributed by atoms with Crippen molar-refractivity contribution in [2.45, 2.75) is 24.7 Å². The largest absolute Gasteiger partial charge is 0.466 e. The van der Waals surface area contributed by atoms with E-state index in [9.17, 15) is 18.0 Å². The summed E-state index contributed by atoms with van der Waals surface area (Å²) in [7, 11) is -2.31. The molecule has 0 spiro atoms. The highest BCUT2D eigenvalue weighted by atomic mass is 32.2. The molecule has 1 aliphatic rings. The first kappa shape index (κ1) is 21.8. The molecule has 30 heavy (non-hydrogen) atoms. The van der Waals surface area contributed by atoms with Crippen LogP contribution in [0, 0.1) is 5.92 Å². The molecule has 2 aromatic rings. The van der Waals surface area contributed by atoms with E-state index in [0.717, 1.165) is 4.31 Å². The van der Waals surface area contributed by atoms with Gasteiger partial charge in [-0.25, -0.2) is 8.42 Å². The van der Waals surface area contributed by atoms with Crippen LogP contribution in [-0.4, -0.2) is 56.9 Å². The number of amides is 1. The van der Waals surface area contributed by atoms with Crippen LogP contribution in [0.4, 0.5) is 5.69 Å². The standard InChI is InChI=1S/C21H25N3O5S/c1-3-29-21(26)16-10-13-24(14-11-16)20(25)19-15-17(9-12-22-19)23(2)30(27,28)18-7-5-4-6-8-18/h4-9,12,15-16H,3,10-11,13-14H2,1-2H3. The summed E-state index contributed by atoms with van der Waals surface area (Å²) in [5.41, 5.74) is 0.510. The first-order valence-corrected chi connectivity index (χ1v) is 11.2. The molecule has 1 aliphatic heterocycles. The fraction of sp³-hybridized carbons (Fsp3) is 0.381. The number of ether oxygens (including phenoxy) is 1. The third kappa shape index (κ3) is 4.62. The van der Waals surface area contributed by atoms with Crippen LogP contribution >= 0.6 is 0 Å². The highest BCUT2D eigenvalue weighted by Crippen LogP contribution is 2.24. The summed E-state index contributed by atoms with van der Waals surface area (Å²) in [4.78, 5) is 30.7. The number of hydrogen-bond acceptors (Lipinski definition) is 6. The Bertz CT molecular complexity index is 1000. The number of esters is 1. The van der Waals surface area contributed by atoms with Crippen LogP contribution in [0.3, 0.4) is 0 Å². The summed E-state index contributed by atoms with van der Waals surface area (Å²) in [6.07, 6.45) is 2.49. The number of piperidine rings is 1. The number of benzene rings is 1. The molecule has 0 unspecified atom stereocenters. The van der Waals surface area contributed by atoms with Gasteiger partial charge in [-0.3, -0.25) is 18.9 Å². The summed E-state index contributed by atoms with van der Waals surface area (Å²) in [5.74, 6) is -0.711. The van der Waals surface area contributed by atoms with Crippen molar-refractivity contribution in [3.05, 3.63) is 54.4 Å². The van der Waals surface area contributed by atoms with Gasteiger partial charge in [-0.15, -0.1) is 0 Å². The average Bonchev–Trinajstić information content (AvgIpc) is 2.79. The number of anilines is 1. The number of sulfonamides is 1. The van der Waals surface area contributed by atoms with Crippen LogP contribution in [0.2, 0.25) is 0 Å². The van der Waals surface area contributed by atoms with Crippen LogP contribution in [0.5, 0.6) is 0 Å². The van der Waals surface area contributed by atoms with Crippen molar-refractivity contribution in [2.75, 3.05) is 31.0 Å². The first-order chi connectivity index (χ1) is 14.3. The number of carbonyl (C=O) groups excluding carboxylic acids is 2. The molecule has 1 fully saturated rings. The molecule has 1 aromatic carbocycles. The summed E-state index contributed by atoms with van der Waals surface area (Å²) >= 11 is 0. The van der Waals surface area contributed by atoms with Crippen molar-refractivity contribution < 1.29 is 22.7 Å². The maximum Gasteiger partial charge on any atom is 0.309 e. The number of likely N-dealkylation sites (tertiary alicyclic amines) is 1. The van der Waals surface area contributed by atoms with Gasteiger partial charge in [0, 0.05) is 26.3 Å². The van der Waals surface area contributed by atoms with Crippen molar-refractivity contribution >= 4 is 27.6 Å². The Morgan fingerprint density at radius 2 is 1.83 bits per heavy atom. The molecule has 0 atom stereocenters. The lowest BCUT2D eigenvalue weighted by Crippen LogP contribution is -2.41. The number of pyridine rings is 1. The van der Waals surface area contributed by atoms with Crippen molar-refractivity contribution in [2.24, 2.45) is 5.92 Å². The van der Waals surface area contributed by atoms with Gasteiger partial charge in [-0.1, -0.05) is 18.2 Å². The van der Waals surface area contributed by atoms with Gasteiger partial charge in [0.1, 0.15) is 5.69 Å². The zero-order valence-corrected chi connectivity index (χ0v) is 17.8. The van der Waals surface area contributed by atoms with E-state index in [1.165, 1.54) is 31.4 Å². The number of carbonyl (C=O) groups is 2. The van der Waals surface area contributed by atoms with Gasteiger partial charge in [0.05, 0.1) is 23.1 Å². The molecule has 0 bridgehead atoms. The minimum Gasteiger partial charge on any atom is -0.466 e. The normalized spacial score (nSPS) is 14.9. The van der Waals surface area contributed by atoms with Gasteiger partial charge in [0.15, 0.2) is 0 Å². The molecular formula is C21H25N3O5S. The Balaban J connectivity index is 1.73. The first-order valence-electron chi connectivity index (χ1n) is 9.80. The summed E-state index contributed by atoms with van der Waals surface area (Å²) < 4.78 is 31.9. The fourth-order valence-corrected chi connectivity index (χ4v) is 4.57. The molecule has 8 nitrogen and oxygen atoms in total. The Morgan fingerprint density at radius 1 is 1.17 bits per heavy atom. The molecular weight excluding hydrogens is 406 g/mol. The van der Waals surface area contributed by atoms with Crippen LogP contribution in [0.15, 0.2) is 53.6 Å². The average molecular weight is 432 g/mol. The van der Waals surface area contributed by atoms with Gasteiger partial charge in [-0.2, -0.15) is 0 Å². The molecule has 2 heterocycles. The maximum atomic E-state index is 12.9. The highest BCUT2D eigenvalue weighted by Gasteiger charge is 2.29. The lowest BCUT2D eigenvalue weighted by atomic mass is 9.97. The summed E-state index contributed by atoms with van der Waals surface area (Å²) in [5, 5.41) is 0. The monoisotopic (exact) mass is 431 g/mol. The molecule has 0 saturated carbocycles. The van der Waals surface area contributed by atoms with Gasteiger partial charge >= 0.3 is 5.97 Å². The minimum absolute atomic E-state index is 0.164. The zero-order chi connectivity index (χ0) is 21.7. The van der Waals surface area contributed by atoms with E-state index in [0.29, 0.717) is 38.2 Å². The van der Waals surface area contributed by atoms with Crippen LogP contribution in [0.25, 0.3) is 0 Å². The number of aromatic nitrogens is 1. The Labute approximate surface area is 176 Å². The van der Waals surface area contributed by atoms with E-state index < -0.39 is 10.0 Å². The molecule has 1 aromatic heterocycles. The van der Waals surface area contributed by atoms with E-state index in [1.54, 1.807) is 36.1 Å².